The molecule has 1 aromatic carbocycles. The highest BCUT2D eigenvalue weighted by atomic mass is 35.5. The Bertz CT molecular complexity index is 632. The lowest BCUT2D eigenvalue weighted by Gasteiger charge is -2.19. The van der Waals surface area contributed by atoms with Gasteiger partial charge >= 0.3 is 5.97 Å². The lowest BCUT2D eigenvalue weighted by Crippen LogP contribution is -2.41. The topological polar surface area (TPSA) is 98.5 Å². The number of nitrogens with two attached hydrogens (primary N) is 1. The number of sulfonamides is 1. The van der Waals surface area contributed by atoms with Gasteiger partial charge in [0.25, 0.3) is 0 Å². The number of hydrogen-bond acceptors (Lipinski definition) is 5. The van der Waals surface area contributed by atoms with Crippen LogP contribution in [-0.4, -0.2) is 34.1 Å². The maximum absolute atomic E-state index is 12.4. The Hall–Kier alpha value is -1.15. The molecule has 0 aliphatic rings. The van der Waals surface area contributed by atoms with Gasteiger partial charge in [0.15, 0.2) is 0 Å². The number of ether oxygens (including phenoxy) is 1. The Morgan fingerprint density at radius 1 is 1.41 bits per heavy atom. The van der Waals surface area contributed by atoms with Gasteiger partial charge in [0.1, 0.15) is 4.90 Å². The maximum Gasteiger partial charge on any atom is 0.337 e. The molecule has 124 valence electrons. The minimum Gasteiger partial charge on any atom is -0.465 e. The van der Waals surface area contributed by atoms with E-state index in [-0.39, 0.29) is 28.1 Å². The van der Waals surface area contributed by atoms with Crippen molar-refractivity contribution in [3.8, 4) is 0 Å². The summed E-state index contributed by atoms with van der Waals surface area (Å²) in [5, 5.41) is -0.0456. The fourth-order valence-electron chi connectivity index (χ4n) is 2.01. The van der Waals surface area contributed by atoms with Crippen molar-refractivity contribution in [1.82, 2.24) is 4.72 Å². The van der Waals surface area contributed by atoms with Crippen molar-refractivity contribution in [2.75, 3.05) is 13.7 Å². The van der Waals surface area contributed by atoms with E-state index in [2.05, 4.69) is 9.46 Å². The molecule has 0 aliphatic heterocycles. The summed E-state index contributed by atoms with van der Waals surface area (Å²) in [4.78, 5) is 11.3. The van der Waals surface area contributed by atoms with Crippen molar-refractivity contribution in [3.63, 3.8) is 0 Å². The number of nitrogens with one attached hydrogen (secondary N) is 1. The molecule has 8 heteroatoms. The summed E-state index contributed by atoms with van der Waals surface area (Å²) in [5.74, 6) is -0.285. The molecule has 1 aromatic rings. The van der Waals surface area contributed by atoms with E-state index in [1.54, 1.807) is 0 Å². The number of rotatable bonds is 7. The van der Waals surface area contributed by atoms with E-state index in [0.29, 0.717) is 12.3 Å². The van der Waals surface area contributed by atoms with Crippen molar-refractivity contribution in [3.05, 3.63) is 28.8 Å². The van der Waals surface area contributed by atoms with E-state index in [1.165, 1.54) is 25.3 Å². The summed E-state index contributed by atoms with van der Waals surface area (Å²) >= 11 is 5.99. The lowest BCUT2D eigenvalue weighted by atomic mass is 10.1. The zero-order chi connectivity index (χ0) is 16.9. The molecule has 1 atom stereocenters. The first-order valence-corrected chi connectivity index (χ1v) is 8.67. The second-order valence-corrected chi connectivity index (χ2v) is 7.41. The van der Waals surface area contributed by atoms with E-state index in [4.69, 9.17) is 17.3 Å². The molecule has 0 aromatic heterocycles. The number of carbonyl (C=O) groups excluding carboxylic acids is 1. The van der Waals surface area contributed by atoms with Gasteiger partial charge in [0.2, 0.25) is 10.0 Å². The third kappa shape index (κ3) is 4.95. The first-order chi connectivity index (χ1) is 10.2. The van der Waals surface area contributed by atoms with Crippen LogP contribution >= 0.6 is 11.6 Å². The minimum absolute atomic E-state index is 0.0456. The Labute approximate surface area is 136 Å². The Morgan fingerprint density at radius 3 is 2.50 bits per heavy atom. The van der Waals surface area contributed by atoms with Crippen LogP contribution < -0.4 is 10.5 Å². The van der Waals surface area contributed by atoms with Crippen LogP contribution in [0.3, 0.4) is 0 Å². The van der Waals surface area contributed by atoms with Crippen molar-refractivity contribution >= 4 is 27.6 Å². The zero-order valence-electron chi connectivity index (χ0n) is 12.8. The third-order valence-electron chi connectivity index (χ3n) is 3.00. The van der Waals surface area contributed by atoms with Crippen molar-refractivity contribution in [2.24, 2.45) is 11.7 Å². The van der Waals surface area contributed by atoms with Crippen molar-refractivity contribution in [1.29, 1.82) is 0 Å². The minimum atomic E-state index is -3.81. The molecule has 0 heterocycles. The largest absolute Gasteiger partial charge is 0.465 e. The van der Waals surface area contributed by atoms with E-state index in [9.17, 15) is 13.2 Å². The third-order valence-corrected chi connectivity index (χ3v) is 5.01. The number of methoxy groups -OCH3 is 1. The number of esters is 1. The van der Waals surface area contributed by atoms with Crippen LogP contribution in [0.5, 0.6) is 0 Å². The highest BCUT2D eigenvalue weighted by molar-refractivity contribution is 7.89. The molecule has 0 bridgehead atoms. The standard InChI is InChI=1S/C14H21ClN2O4S/c1-9(2)6-11(8-16)17-22(19,20)13-5-4-10(7-12(13)15)14(18)21-3/h4-5,7,9,11,17H,6,8,16H2,1-3H3. The lowest BCUT2D eigenvalue weighted by molar-refractivity contribution is 0.0600. The number of carbonyl (C=O) groups is 1. The van der Waals surface area contributed by atoms with Crippen LogP contribution in [0, 0.1) is 5.92 Å². The van der Waals surface area contributed by atoms with Crippen LogP contribution in [0.15, 0.2) is 23.1 Å². The smallest absolute Gasteiger partial charge is 0.337 e. The van der Waals surface area contributed by atoms with E-state index in [0.717, 1.165) is 0 Å². The van der Waals surface area contributed by atoms with E-state index < -0.39 is 16.0 Å². The van der Waals surface area contributed by atoms with E-state index in [1.807, 2.05) is 13.8 Å². The molecule has 1 rings (SSSR count). The first-order valence-electron chi connectivity index (χ1n) is 6.81. The van der Waals surface area contributed by atoms with Crippen LogP contribution in [0.4, 0.5) is 0 Å². The molecular formula is C14H21ClN2O4S. The summed E-state index contributed by atoms with van der Waals surface area (Å²) in [7, 11) is -2.57. The normalized spacial score (nSPS) is 13.2. The SMILES string of the molecule is COC(=O)c1ccc(S(=O)(=O)NC(CN)CC(C)C)c(Cl)c1. The first kappa shape index (κ1) is 18.9. The molecule has 6 nitrogen and oxygen atoms in total. The Morgan fingerprint density at radius 2 is 2.05 bits per heavy atom. The van der Waals surface area contributed by atoms with Gasteiger partial charge in [-0.1, -0.05) is 25.4 Å². The molecule has 0 aliphatic carbocycles. The molecule has 3 N–H and O–H groups in total. The van der Waals surface area contributed by atoms with Crippen molar-refractivity contribution < 1.29 is 17.9 Å². The molecule has 0 radical (unpaired) electrons. The highest BCUT2D eigenvalue weighted by Crippen LogP contribution is 2.23. The molecule has 0 amide bonds. The average molecular weight is 349 g/mol. The average Bonchev–Trinajstić information content (AvgIpc) is 2.44. The Balaban J connectivity index is 3.05. The summed E-state index contributed by atoms with van der Waals surface area (Å²) in [5.41, 5.74) is 5.79. The zero-order valence-corrected chi connectivity index (χ0v) is 14.4. The maximum atomic E-state index is 12.4. The molecule has 1 unspecified atom stereocenters. The summed E-state index contributed by atoms with van der Waals surface area (Å²) in [6.07, 6.45) is 0.619. The van der Waals surface area contributed by atoms with Gasteiger partial charge in [0.05, 0.1) is 17.7 Å². The van der Waals surface area contributed by atoms with Crippen LogP contribution in [0.25, 0.3) is 0 Å². The van der Waals surface area contributed by atoms with Gasteiger partial charge in [-0.3, -0.25) is 0 Å². The van der Waals surface area contributed by atoms with Gasteiger partial charge in [-0.05, 0) is 30.5 Å². The van der Waals surface area contributed by atoms with Gasteiger partial charge in [-0.2, -0.15) is 0 Å². The summed E-state index contributed by atoms with van der Waals surface area (Å²) < 4.78 is 31.9. The highest BCUT2D eigenvalue weighted by Gasteiger charge is 2.23. The predicted molar refractivity (Wildman–Crippen MR) is 85.4 cm³/mol. The van der Waals surface area contributed by atoms with Gasteiger partial charge in [-0.25, -0.2) is 17.9 Å². The molecule has 0 fully saturated rings. The second kappa shape index (κ2) is 7.92. The summed E-state index contributed by atoms with van der Waals surface area (Å²) in [6.45, 7) is 4.15. The van der Waals surface area contributed by atoms with E-state index >= 15 is 0 Å². The second-order valence-electron chi connectivity index (χ2n) is 5.32. The molecule has 0 saturated carbocycles. The molecular weight excluding hydrogens is 328 g/mol. The number of halogens is 1. The van der Waals surface area contributed by atoms with Gasteiger partial charge < -0.3 is 10.5 Å². The van der Waals surface area contributed by atoms with Crippen LogP contribution in [-0.2, 0) is 14.8 Å². The quantitative estimate of drug-likeness (QED) is 0.732. The van der Waals surface area contributed by atoms with Gasteiger partial charge in [-0.15, -0.1) is 0 Å². The Kier molecular flexibility index (Phi) is 6.80. The predicted octanol–water partition coefficient (Wildman–Crippen LogP) is 1.78. The van der Waals surface area contributed by atoms with Gasteiger partial charge in [0, 0.05) is 12.6 Å². The summed E-state index contributed by atoms with van der Waals surface area (Å²) in [6, 6.07) is 3.52. The fourth-order valence-corrected chi connectivity index (χ4v) is 3.81. The van der Waals surface area contributed by atoms with Crippen LogP contribution in [0.1, 0.15) is 30.6 Å². The number of hydrogen-bond donors (Lipinski definition) is 2. The van der Waals surface area contributed by atoms with Crippen molar-refractivity contribution in [2.45, 2.75) is 31.2 Å². The molecule has 0 saturated heterocycles. The number of benzene rings is 1. The van der Waals surface area contributed by atoms with Crippen LogP contribution in [0.2, 0.25) is 5.02 Å². The fraction of sp³-hybridized carbons (Fsp3) is 0.500. The molecule has 0 spiro atoms. The molecule has 22 heavy (non-hydrogen) atoms. The monoisotopic (exact) mass is 348 g/mol.